The first kappa shape index (κ1) is 20.9. The van der Waals surface area contributed by atoms with Crippen LogP contribution in [0.15, 0.2) is 47.7 Å². The molecule has 0 unspecified atom stereocenters. The average Bonchev–Trinajstić information content (AvgIpc) is 3.53. The molecule has 0 spiro atoms. The largest absolute Gasteiger partial charge is 0.495 e. The van der Waals surface area contributed by atoms with Crippen molar-refractivity contribution in [3.8, 4) is 22.8 Å². The molecule has 31 heavy (non-hydrogen) atoms. The summed E-state index contributed by atoms with van der Waals surface area (Å²) in [6, 6.07) is 6.66. The molecule has 1 fully saturated rings. The van der Waals surface area contributed by atoms with Crippen molar-refractivity contribution in [1.82, 2.24) is 19.5 Å². The molecule has 0 bridgehead atoms. The minimum absolute atomic E-state index is 0.303. The van der Waals surface area contributed by atoms with E-state index in [4.69, 9.17) is 9.47 Å². The van der Waals surface area contributed by atoms with Crippen LogP contribution >= 0.6 is 0 Å². The zero-order valence-electron chi connectivity index (χ0n) is 17.2. The molecule has 0 radical (unpaired) electrons. The Hall–Kier alpha value is -3.36. The van der Waals surface area contributed by atoms with Gasteiger partial charge in [0, 0.05) is 41.6 Å². The highest BCUT2D eigenvalue weighted by Gasteiger charge is 2.40. The monoisotopic (exact) mass is 428 g/mol. The molecule has 1 aliphatic carbocycles. The third-order valence-electron chi connectivity index (χ3n) is 5.23. The van der Waals surface area contributed by atoms with Crippen molar-refractivity contribution in [3.63, 3.8) is 0 Å². The summed E-state index contributed by atoms with van der Waals surface area (Å²) in [7, 11) is 1.60. The van der Waals surface area contributed by atoms with Crippen LogP contribution in [0.1, 0.15) is 23.9 Å². The molecule has 162 valence electrons. The minimum atomic E-state index is -2.63. The highest BCUT2D eigenvalue weighted by molar-refractivity contribution is 5.66. The molecule has 0 aliphatic heterocycles. The maximum Gasteiger partial charge on any atom is 0.256 e. The van der Waals surface area contributed by atoms with E-state index in [1.807, 2.05) is 12.1 Å². The van der Waals surface area contributed by atoms with Crippen molar-refractivity contribution < 1.29 is 18.3 Å². The molecule has 1 aliphatic rings. The molecule has 1 saturated carbocycles. The smallest absolute Gasteiger partial charge is 0.256 e. The van der Waals surface area contributed by atoms with Crippen LogP contribution in [-0.2, 0) is 6.54 Å². The van der Waals surface area contributed by atoms with Crippen LogP contribution in [0.5, 0.6) is 11.6 Å². The third-order valence-corrected chi connectivity index (χ3v) is 5.23. The van der Waals surface area contributed by atoms with Gasteiger partial charge >= 0.3 is 0 Å². The molecule has 4 rings (SSSR count). The van der Waals surface area contributed by atoms with Gasteiger partial charge in [-0.05, 0) is 31.5 Å². The van der Waals surface area contributed by atoms with E-state index in [1.165, 1.54) is 12.3 Å². The van der Waals surface area contributed by atoms with E-state index in [2.05, 4.69) is 15.0 Å². The second-order valence-electron chi connectivity index (χ2n) is 7.47. The topological polar surface area (TPSA) is 79.1 Å². The fourth-order valence-corrected chi connectivity index (χ4v) is 3.45. The molecule has 9 heteroatoms. The molecule has 7 nitrogen and oxygen atoms in total. The van der Waals surface area contributed by atoms with E-state index in [9.17, 15) is 13.6 Å². The first-order valence-electron chi connectivity index (χ1n) is 9.90. The lowest BCUT2D eigenvalue weighted by atomic mass is 10.1. The fraction of sp³-hybridized carbons (Fsp3) is 0.364. The van der Waals surface area contributed by atoms with Crippen LogP contribution in [0.3, 0.4) is 0 Å². The zero-order valence-corrected chi connectivity index (χ0v) is 17.2. The van der Waals surface area contributed by atoms with Crippen LogP contribution in [0, 0.1) is 12.8 Å². The molecule has 2 atom stereocenters. The maximum absolute atomic E-state index is 12.8. The molecule has 3 heterocycles. The third kappa shape index (κ3) is 4.87. The van der Waals surface area contributed by atoms with E-state index in [0.29, 0.717) is 47.0 Å². The number of rotatable bonds is 8. The number of ether oxygens (including phenoxy) is 2. The van der Waals surface area contributed by atoms with Gasteiger partial charge in [-0.3, -0.25) is 9.78 Å². The van der Waals surface area contributed by atoms with Gasteiger partial charge in [0.1, 0.15) is 11.6 Å². The van der Waals surface area contributed by atoms with Gasteiger partial charge in [-0.25, -0.2) is 13.8 Å². The van der Waals surface area contributed by atoms with Crippen LogP contribution in [0.2, 0.25) is 0 Å². The summed E-state index contributed by atoms with van der Waals surface area (Å²) in [5.41, 5.74) is 1.59. The minimum Gasteiger partial charge on any atom is -0.495 e. The molecule has 0 saturated heterocycles. The van der Waals surface area contributed by atoms with Gasteiger partial charge in [0.25, 0.3) is 12.0 Å². The number of hydrogen-bond acceptors (Lipinski definition) is 6. The highest BCUT2D eigenvalue weighted by Crippen LogP contribution is 2.47. The van der Waals surface area contributed by atoms with Crippen LogP contribution in [0.4, 0.5) is 8.78 Å². The summed E-state index contributed by atoms with van der Waals surface area (Å²) in [6.45, 7) is 1.52. The molecular formula is C22H22F2N4O3. The van der Waals surface area contributed by atoms with Crippen LogP contribution in [0.25, 0.3) is 11.1 Å². The number of aryl methyl sites for hydroxylation is 1. The van der Waals surface area contributed by atoms with Crippen LogP contribution < -0.4 is 15.0 Å². The van der Waals surface area contributed by atoms with Gasteiger partial charge in [-0.1, -0.05) is 0 Å². The quantitative estimate of drug-likeness (QED) is 0.547. The SMILES string of the molecule is COc1ccc([C@H]2C[C@@H]2COc2nc(C)ncc2-c2ccc(=O)n(CC(F)F)c2)nc1. The van der Waals surface area contributed by atoms with E-state index in [-0.39, 0.29) is 0 Å². The Morgan fingerprint density at radius 1 is 1.19 bits per heavy atom. The Kier molecular flexibility index (Phi) is 5.92. The number of nitrogens with zero attached hydrogens (tertiary/aromatic N) is 4. The van der Waals surface area contributed by atoms with Gasteiger partial charge < -0.3 is 14.0 Å². The van der Waals surface area contributed by atoms with E-state index in [1.54, 1.807) is 32.5 Å². The summed E-state index contributed by atoms with van der Waals surface area (Å²) in [6.07, 6.45) is 3.00. The summed E-state index contributed by atoms with van der Waals surface area (Å²) < 4.78 is 37.7. The van der Waals surface area contributed by atoms with Gasteiger partial charge in [0.15, 0.2) is 0 Å². The predicted molar refractivity (Wildman–Crippen MR) is 110 cm³/mol. The number of hydrogen-bond donors (Lipinski definition) is 0. The maximum atomic E-state index is 12.8. The lowest BCUT2D eigenvalue weighted by Crippen LogP contribution is -2.22. The highest BCUT2D eigenvalue weighted by atomic mass is 19.3. The van der Waals surface area contributed by atoms with Gasteiger partial charge in [-0.2, -0.15) is 4.98 Å². The number of halogens is 2. The number of alkyl halides is 2. The average molecular weight is 428 g/mol. The lowest BCUT2D eigenvalue weighted by Gasteiger charge is -2.12. The summed E-state index contributed by atoms with van der Waals surface area (Å²) in [5, 5.41) is 0. The van der Waals surface area contributed by atoms with Gasteiger partial charge in [0.2, 0.25) is 5.88 Å². The van der Waals surface area contributed by atoms with Crippen molar-refractivity contribution in [3.05, 3.63) is 64.7 Å². The molecular weight excluding hydrogens is 406 g/mol. The van der Waals surface area contributed by atoms with Crippen molar-refractivity contribution in [2.75, 3.05) is 13.7 Å². The van der Waals surface area contributed by atoms with E-state index in [0.717, 1.165) is 16.7 Å². The fourth-order valence-electron chi connectivity index (χ4n) is 3.45. The summed E-state index contributed by atoms with van der Waals surface area (Å²) >= 11 is 0. The first-order chi connectivity index (χ1) is 14.9. The number of aromatic nitrogens is 4. The van der Waals surface area contributed by atoms with E-state index >= 15 is 0 Å². The second-order valence-corrected chi connectivity index (χ2v) is 7.47. The summed E-state index contributed by atoms with van der Waals surface area (Å²) in [4.78, 5) is 24.9. The normalized spacial score (nSPS) is 17.6. The van der Waals surface area contributed by atoms with Crippen molar-refractivity contribution in [1.29, 1.82) is 0 Å². The van der Waals surface area contributed by atoms with Gasteiger partial charge in [0.05, 0.1) is 32.0 Å². The molecule has 3 aromatic heterocycles. The number of pyridine rings is 2. The number of methoxy groups -OCH3 is 1. The second kappa shape index (κ2) is 8.79. The van der Waals surface area contributed by atoms with Crippen molar-refractivity contribution in [2.24, 2.45) is 5.92 Å². The first-order valence-corrected chi connectivity index (χ1v) is 9.90. The molecule has 0 N–H and O–H groups in total. The zero-order chi connectivity index (χ0) is 22.0. The van der Waals surface area contributed by atoms with Crippen LogP contribution in [-0.4, -0.2) is 39.7 Å². The van der Waals surface area contributed by atoms with Gasteiger partial charge in [-0.15, -0.1) is 0 Å². The molecule has 0 amide bonds. The van der Waals surface area contributed by atoms with Crippen molar-refractivity contribution >= 4 is 0 Å². The van der Waals surface area contributed by atoms with Crippen molar-refractivity contribution in [2.45, 2.75) is 32.2 Å². The standard InChI is InChI=1S/C22H22F2N4O3/c1-13-25-9-18(14-3-6-21(29)28(10-14)11-20(23)24)22(27-13)31-12-15-7-17(15)19-5-4-16(30-2)8-26-19/h3-6,8-10,15,17,20H,7,11-12H2,1-2H3/t15-,17+/m1/s1. The Labute approximate surface area is 177 Å². The summed E-state index contributed by atoms with van der Waals surface area (Å²) in [5.74, 6) is 2.22. The molecule has 0 aromatic carbocycles. The predicted octanol–water partition coefficient (Wildman–Crippen LogP) is 3.46. The van der Waals surface area contributed by atoms with E-state index < -0.39 is 18.5 Å². The lowest BCUT2D eigenvalue weighted by molar-refractivity contribution is 0.125. The molecule has 3 aromatic rings. The Morgan fingerprint density at radius 3 is 2.74 bits per heavy atom. The Morgan fingerprint density at radius 2 is 2.03 bits per heavy atom. The Bertz CT molecular complexity index is 1120. The Balaban J connectivity index is 1.50.